The molecule has 3 rings (SSSR count). The molecule has 3 heteroatoms. The van der Waals surface area contributed by atoms with Crippen molar-refractivity contribution in [2.45, 2.75) is 32.0 Å². The molecule has 2 atom stereocenters. The normalized spacial score (nSPS) is 18.6. The maximum absolute atomic E-state index is 12.3. The smallest absolute Gasteiger partial charge is 0.324 e. The highest BCUT2D eigenvalue weighted by Gasteiger charge is 2.26. The Labute approximate surface area is 124 Å². The van der Waals surface area contributed by atoms with E-state index in [-0.39, 0.29) is 18.1 Å². The molecular weight excluding hydrogens is 262 g/mol. The Balaban J connectivity index is 1.65. The minimum absolute atomic E-state index is 0.180. The third-order valence-corrected chi connectivity index (χ3v) is 3.93. The summed E-state index contributed by atoms with van der Waals surface area (Å²) in [5.41, 5.74) is 3.50. The molecule has 2 aromatic carbocycles. The Hall–Kier alpha value is -2.13. The summed E-state index contributed by atoms with van der Waals surface area (Å²) in [6, 6.07) is 17.8. The summed E-state index contributed by atoms with van der Waals surface area (Å²) in [5, 5.41) is 3.26. The van der Waals surface area contributed by atoms with Gasteiger partial charge in [0.15, 0.2) is 0 Å². The average Bonchev–Trinajstić information content (AvgIpc) is 2.55. The van der Waals surface area contributed by atoms with Crippen LogP contribution in [0.15, 0.2) is 54.6 Å². The lowest BCUT2D eigenvalue weighted by molar-refractivity contribution is -0.151. The lowest BCUT2D eigenvalue weighted by Crippen LogP contribution is -2.43. The average molecular weight is 281 g/mol. The fourth-order valence-corrected chi connectivity index (χ4v) is 2.67. The van der Waals surface area contributed by atoms with E-state index in [1.165, 1.54) is 11.1 Å². The van der Waals surface area contributed by atoms with Crippen LogP contribution >= 0.6 is 0 Å². The Morgan fingerprint density at radius 3 is 2.52 bits per heavy atom. The van der Waals surface area contributed by atoms with E-state index in [1.54, 1.807) is 0 Å². The molecule has 0 saturated heterocycles. The molecule has 0 spiro atoms. The minimum Gasteiger partial charge on any atom is -0.457 e. The summed E-state index contributed by atoms with van der Waals surface area (Å²) in [7, 11) is 0. The monoisotopic (exact) mass is 281 g/mol. The van der Waals surface area contributed by atoms with Crippen molar-refractivity contribution in [2.24, 2.45) is 0 Å². The minimum atomic E-state index is -0.258. The first-order chi connectivity index (χ1) is 10.2. The van der Waals surface area contributed by atoms with E-state index in [1.807, 2.05) is 49.4 Å². The first-order valence-corrected chi connectivity index (χ1v) is 7.29. The van der Waals surface area contributed by atoms with Crippen molar-refractivity contribution in [2.75, 3.05) is 0 Å². The molecule has 0 aliphatic carbocycles. The summed E-state index contributed by atoms with van der Waals surface area (Å²) in [6.45, 7) is 2.62. The standard InChI is InChI=1S/C18H19NO2/c1-13(14-7-3-2-4-8-14)21-18(20)17-11-15-9-5-6-10-16(15)12-19-17/h2-10,13,17,19H,11-12H2,1H3/t13?,17-/m0/s1. The number of benzene rings is 2. The number of fused-ring (bicyclic) bond motifs is 1. The molecule has 1 unspecified atom stereocenters. The van der Waals surface area contributed by atoms with Crippen molar-refractivity contribution >= 4 is 5.97 Å². The first kappa shape index (κ1) is 13.8. The quantitative estimate of drug-likeness (QED) is 0.879. The molecule has 0 amide bonds. The Morgan fingerprint density at radius 1 is 1.10 bits per heavy atom. The highest BCUT2D eigenvalue weighted by molar-refractivity contribution is 5.77. The van der Waals surface area contributed by atoms with E-state index >= 15 is 0 Å². The van der Waals surface area contributed by atoms with Crippen LogP contribution in [0.3, 0.4) is 0 Å². The first-order valence-electron chi connectivity index (χ1n) is 7.29. The zero-order chi connectivity index (χ0) is 14.7. The Morgan fingerprint density at radius 2 is 1.76 bits per heavy atom. The zero-order valence-electron chi connectivity index (χ0n) is 12.1. The van der Waals surface area contributed by atoms with Gasteiger partial charge >= 0.3 is 5.97 Å². The van der Waals surface area contributed by atoms with Gasteiger partial charge in [-0.3, -0.25) is 4.79 Å². The van der Waals surface area contributed by atoms with E-state index in [9.17, 15) is 4.79 Å². The van der Waals surface area contributed by atoms with Crippen LogP contribution in [0.1, 0.15) is 29.7 Å². The van der Waals surface area contributed by atoms with Gasteiger partial charge in [0.1, 0.15) is 12.1 Å². The molecule has 3 nitrogen and oxygen atoms in total. The van der Waals surface area contributed by atoms with E-state index in [4.69, 9.17) is 4.74 Å². The molecule has 1 aliphatic rings. The van der Waals surface area contributed by atoms with Gasteiger partial charge in [0.2, 0.25) is 0 Å². The molecule has 1 heterocycles. The predicted molar refractivity (Wildman–Crippen MR) is 81.7 cm³/mol. The van der Waals surface area contributed by atoms with Gasteiger partial charge in [0.25, 0.3) is 0 Å². The molecule has 108 valence electrons. The molecule has 1 N–H and O–H groups in total. The third kappa shape index (κ3) is 3.14. The van der Waals surface area contributed by atoms with Gasteiger partial charge < -0.3 is 10.1 Å². The van der Waals surface area contributed by atoms with Crippen molar-refractivity contribution in [1.29, 1.82) is 0 Å². The van der Waals surface area contributed by atoms with Crippen LogP contribution in [0.2, 0.25) is 0 Å². The van der Waals surface area contributed by atoms with Gasteiger partial charge in [0.05, 0.1) is 0 Å². The Bertz CT molecular complexity index is 624. The predicted octanol–water partition coefficient (Wildman–Crippen LogP) is 3.01. The van der Waals surface area contributed by atoms with Crippen LogP contribution in [0.4, 0.5) is 0 Å². The number of esters is 1. The lowest BCUT2D eigenvalue weighted by atomic mass is 9.96. The zero-order valence-corrected chi connectivity index (χ0v) is 12.1. The number of carbonyl (C=O) groups is 1. The van der Waals surface area contributed by atoms with E-state index < -0.39 is 0 Å². The summed E-state index contributed by atoms with van der Waals surface area (Å²) < 4.78 is 5.59. The summed E-state index contributed by atoms with van der Waals surface area (Å²) >= 11 is 0. The van der Waals surface area contributed by atoms with Crippen molar-refractivity contribution in [1.82, 2.24) is 5.32 Å². The molecule has 0 bridgehead atoms. The van der Waals surface area contributed by atoms with Crippen molar-refractivity contribution in [3.63, 3.8) is 0 Å². The number of carbonyl (C=O) groups excluding carboxylic acids is 1. The van der Waals surface area contributed by atoms with Crippen LogP contribution < -0.4 is 5.32 Å². The summed E-state index contributed by atoms with van der Waals surface area (Å²) in [6.07, 6.45) is 0.467. The van der Waals surface area contributed by atoms with Gasteiger partial charge in [0, 0.05) is 6.54 Å². The fourth-order valence-electron chi connectivity index (χ4n) is 2.67. The van der Waals surface area contributed by atoms with Gasteiger partial charge in [-0.15, -0.1) is 0 Å². The van der Waals surface area contributed by atoms with Crippen LogP contribution in [-0.2, 0) is 22.5 Å². The van der Waals surface area contributed by atoms with Gasteiger partial charge in [-0.05, 0) is 30.0 Å². The second-order valence-electron chi connectivity index (χ2n) is 5.40. The van der Waals surface area contributed by atoms with Crippen LogP contribution in [-0.4, -0.2) is 12.0 Å². The molecule has 0 fully saturated rings. The second-order valence-corrected chi connectivity index (χ2v) is 5.40. The lowest BCUT2D eigenvalue weighted by Gasteiger charge is -2.26. The number of rotatable bonds is 3. The third-order valence-electron chi connectivity index (χ3n) is 3.93. The SMILES string of the molecule is CC(OC(=O)[C@@H]1Cc2ccccc2CN1)c1ccccc1. The highest BCUT2D eigenvalue weighted by Crippen LogP contribution is 2.20. The molecule has 2 aromatic rings. The van der Waals surface area contributed by atoms with E-state index in [2.05, 4.69) is 17.4 Å². The molecule has 21 heavy (non-hydrogen) atoms. The Kier molecular flexibility index (Phi) is 4.02. The largest absolute Gasteiger partial charge is 0.457 e. The summed E-state index contributed by atoms with van der Waals surface area (Å²) in [5.74, 6) is -0.180. The number of hydrogen-bond acceptors (Lipinski definition) is 3. The molecule has 0 aromatic heterocycles. The van der Waals surface area contributed by atoms with E-state index in [0.29, 0.717) is 6.42 Å². The highest BCUT2D eigenvalue weighted by atomic mass is 16.5. The number of nitrogens with one attached hydrogen (secondary N) is 1. The maximum Gasteiger partial charge on any atom is 0.324 e. The van der Waals surface area contributed by atoms with Crippen molar-refractivity contribution in [3.8, 4) is 0 Å². The molecule has 0 saturated carbocycles. The molecule has 1 aliphatic heterocycles. The van der Waals surface area contributed by atoms with Gasteiger partial charge in [-0.2, -0.15) is 0 Å². The second kappa shape index (κ2) is 6.10. The van der Waals surface area contributed by atoms with Crippen molar-refractivity contribution in [3.05, 3.63) is 71.3 Å². The number of ether oxygens (including phenoxy) is 1. The van der Waals surface area contributed by atoms with Crippen LogP contribution in [0, 0.1) is 0 Å². The van der Waals surface area contributed by atoms with Gasteiger partial charge in [-0.1, -0.05) is 54.6 Å². The van der Waals surface area contributed by atoms with Crippen molar-refractivity contribution < 1.29 is 9.53 Å². The molecular formula is C18H19NO2. The topological polar surface area (TPSA) is 38.3 Å². The van der Waals surface area contributed by atoms with Gasteiger partial charge in [-0.25, -0.2) is 0 Å². The van der Waals surface area contributed by atoms with E-state index in [0.717, 1.165) is 12.1 Å². The van der Waals surface area contributed by atoms with Crippen LogP contribution in [0.25, 0.3) is 0 Å². The maximum atomic E-state index is 12.3. The summed E-state index contributed by atoms with van der Waals surface area (Å²) in [4.78, 5) is 12.3. The fraction of sp³-hybridized carbons (Fsp3) is 0.278. The van der Waals surface area contributed by atoms with Crippen LogP contribution in [0.5, 0.6) is 0 Å². The number of hydrogen-bond donors (Lipinski definition) is 1. The molecule has 0 radical (unpaired) electrons.